The van der Waals surface area contributed by atoms with Gasteiger partial charge in [0.05, 0.1) is 0 Å². The molecule has 0 bridgehead atoms. The maximum Gasteiger partial charge on any atom is 0.240 e. The molecule has 0 spiro atoms. The molecule has 6 heteroatoms. The molecule has 0 aliphatic rings. The van der Waals surface area contributed by atoms with Gasteiger partial charge in [-0.1, -0.05) is 11.6 Å². The number of nitrogens with zero attached hydrogens (tertiary/aromatic N) is 3. The molecule has 1 N–H and O–H groups in total. The average Bonchev–Trinajstić information content (AvgIpc) is 2.86. The largest absolute Gasteiger partial charge is 0.352 e. The number of nitrogens with one attached hydrogen (secondary N) is 1. The smallest absolute Gasteiger partial charge is 0.240 e. The molecule has 2 aromatic heterocycles. The normalized spacial score (nSPS) is 11.1. The number of hydrogen-bond acceptors (Lipinski definition) is 3. The van der Waals surface area contributed by atoms with Crippen molar-refractivity contribution in [1.82, 2.24) is 19.9 Å². The van der Waals surface area contributed by atoms with Gasteiger partial charge in [0.1, 0.15) is 17.9 Å². The van der Waals surface area contributed by atoms with E-state index in [0.29, 0.717) is 16.5 Å². The van der Waals surface area contributed by atoms with Crippen LogP contribution < -0.4 is 5.32 Å². The summed E-state index contributed by atoms with van der Waals surface area (Å²) in [6, 6.07) is 11.2. The lowest BCUT2D eigenvalue weighted by Gasteiger charge is -2.11. The predicted molar refractivity (Wildman–Crippen MR) is 91.3 cm³/mol. The van der Waals surface area contributed by atoms with E-state index < -0.39 is 0 Å². The molecule has 0 fully saturated rings. The van der Waals surface area contributed by atoms with Crippen LogP contribution in [0.2, 0.25) is 5.02 Å². The highest BCUT2D eigenvalue weighted by Gasteiger charge is 2.16. The minimum absolute atomic E-state index is 0.0693. The summed E-state index contributed by atoms with van der Waals surface area (Å²) in [6.45, 7) is 4.04. The van der Waals surface area contributed by atoms with Gasteiger partial charge in [-0.15, -0.1) is 0 Å². The van der Waals surface area contributed by atoms with Crippen LogP contribution in [0.3, 0.4) is 0 Å². The Morgan fingerprint density at radius 1 is 1.26 bits per heavy atom. The lowest BCUT2D eigenvalue weighted by Crippen LogP contribution is -2.33. The Balaban J connectivity index is 2.07. The Morgan fingerprint density at radius 3 is 2.70 bits per heavy atom. The summed E-state index contributed by atoms with van der Waals surface area (Å²) in [7, 11) is 0. The molecule has 3 aromatic rings. The first-order chi connectivity index (χ1) is 11.0. The molecular weight excluding hydrogens is 312 g/mol. The van der Waals surface area contributed by atoms with Crippen molar-refractivity contribution in [2.45, 2.75) is 26.4 Å². The van der Waals surface area contributed by atoms with Crippen molar-refractivity contribution in [2.75, 3.05) is 0 Å². The second kappa shape index (κ2) is 6.38. The number of halogens is 1. The van der Waals surface area contributed by atoms with Crippen LogP contribution in [0.5, 0.6) is 0 Å². The molecule has 0 radical (unpaired) electrons. The molecule has 0 aliphatic carbocycles. The van der Waals surface area contributed by atoms with E-state index >= 15 is 0 Å². The van der Waals surface area contributed by atoms with Crippen molar-refractivity contribution in [2.24, 2.45) is 0 Å². The molecule has 5 nitrogen and oxygen atoms in total. The van der Waals surface area contributed by atoms with Gasteiger partial charge in [0.2, 0.25) is 5.91 Å². The highest BCUT2D eigenvalue weighted by molar-refractivity contribution is 6.30. The van der Waals surface area contributed by atoms with E-state index in [1.165, 1.54) is 0 Å². The van der Waals surface area contributed by atoms with Gasteiger partial charge in [0, 0.05) is 22.8 Å². The quantitative estimate of drug-likeness (QED) is 0.799. The summed E-state index contributed by atoms with van der Waals surface area (Å²) in [6.07, 6.45) is 1.70. The molecule has 0 aliphatic heterocycles. The van der Waals surface area contributed by atoms with Gasteiger partial charge in [-0.05, 0) is 50.2 Å². The Morgan fingerprint density at radius 2 is 2.00 bits per heavy atom. The van der Waals surface area contributed by atoms with Gasteiger partial charge < -0.3 is 5.32 Å². The lowest BCUT2D eigenvalue weighted by atomic mass is 10.2. The topological polar surface area (TPSA) is 59.8 Å². The standard InChI is InChI=1S/C17H17ClN4O/c1-11(2)20-15(23)10-22-16(12-5-7-13(18)8-6-12)21-14-4-3-9-19-17(14)22/h3-9,11H,10H2,1-2H3,(H,20,23). The van der Waals surface area contributed by atoms with Crippen molar-refractivity contribution < 1.29 is 4.79 Å². The Labute approximate surface area is 139 Å². The number of imidazole rings is 1. The first-order valence-corrected chi connectivity index (χ1v) is 7.79. The fraction of sp³-hybridized carbons (Fsp3) is 0.235. The maximum absolute atomic E-state index is 12.2. The second-order valence-corrected chi connectivity index (χ2v) is 6.03. The summed E-state index contributed by atoms with van der Waals surface area (Å²) in [4.78, 5) is 21.2. The summed E-state index contributed by atoms with van der Waals surface area (Å²) >= 11 is 5.96. The minimum atomic E-state index is -0.0693. The molecular formula is C17H17ClN4O. The number of carbonyl (C=O) groups is 1. The zero-order valence-corrected chi connectivity index (χ0v) is 13.7. The third-order valence-corrected chi connectivity index (χ3v) is 3.61. The molecule has 118 valence electrons. The zero-order valence-electron chi connectivity index (χ0n) is 13.0. The Bertz CT molecular complexity index is 839. The molecule has 1 amide bonds. The Hall–Kier alpha value is -2.40. The van der Waals surface area contributed by atoms with Gasteiger partial charge >= 0.3 is 0 Å². The third kappa shape index (κ3) is 3.35. The lowest BCUT2D eigenvalue weighted by molar-refractivity contribution is -0.122. The molecule has 1 aromatic carbocycles. The van der Waals surface area contributed by atoms with E-state index in [1.807, 2.05) is 54.8 Å². The van der Waals surface area contributed by atoms with Crippen molar-refractivity contribution in [3.05, 3.63) is 47.6 Å². The molecule has 0 unspecified atom stereocenters. The number of fused-ring (bicyclic) bond motifs is 1. The van der Waals surface area contributed by atoms with E-state index in [2.05, 4.69) is 15.3 Å². The summed E-state index contributed by atoms with van der Waals surface area (Å²) in [5.74, 6) is 0.634. The van der Waals surface area contributed by atoms with Crippen LogP contribution in [0, 0.1) is 0 Å². The molecule has 2 heterocycles. The monoisotopic (exact) mass is 328 g/mol. The van der Waals surface area contributed by atoms with E-state index in [4.69, 9.17) is 11.6 Å². The number of benzene rings is 1. The zero-order chi connectivity index (χ0) is 16.4. The number of pyridine rings is 1. The molecule has 3 rings (SSSR count). The van der Waals surface area contributed by atoms with Crippen molar-refractivity contribution in [1.29, 1.82) is 0 Å². The first kappa shape index (κ1) is 15.5. The van der Waals surface area contributed by atoms with Crippen molar-refractivity contribution in [3.63, 3.8) is 0 Å². The number of amides is 1. The summed E-state index contributed by atoms with van der Waals surface area (Å²) in [5.41, 5.74) is 2.34. The van der Waals surface area contributed by atoms with Crippen LogP contribution in [0.1, 0.15) is 13.8 Å². The van der Waals surface area contributed by atoms with E-state index in [9.17, 15) is 4.79 Å². The van der Waals surface area contributed by atoms with Gasteiger partial charge in [-0.25, -0.2) is 9.97 Å². The van der Waals surface area contributed by atoms with Gasteiger partial charge in [-0.3, -0.25) is 9.36 Å². The van der Waals surface area contributed by atoms with Crippen LogP contribution in [0.25, 0.3) is 22.6 Å². The number of carbonyl (C=O) groups excluding carboxylic acids is 1. The minimum Gasteiger partial charge on any atom is -0.352 e. The predicted octanol–water partition coefficient (Wildman–Crippen LogP) is 3.28. The number of aromatic nitrogens is 3. The van der Waals surface area contributed by atoms with E-state index in [1.54, 1.807) is 6.20 Å². The van der Waals surface area contributed by atoms with Crippen LogP contribution in [-0.2, 0) is 11.3 Å². The summed E-state index contributed by atoms with van der Waals surface area (Å²) in [5, 5.41) is 3.56. The maximum atomic E-state index is 12.2. The van der Waals surface area contributed by atoms with Gasteiger partial charge in [0.25, 0.3) is 0 Å². The van der Waals surface area contributed by atoms with Gasteiger partial charge in [-0.2, -0.15) is 0 Å². The van der Waals surface area contributed by atoms with E-state index in [-0.39, 0.29) is 18.5 Å². The van der Waals surface area contributed by atoms with Crippen LogP contribution in [0.15, 0.2) is 42.6 Å². The summed E-state index contributed by atoms with van der Waals surface area (Å²) < 4.78 is 1.83. The van der Waals surface area contributed by atoms with Gasteiger partial charge in [0.15, 0.2) is 5.65 Å². The third-order valence-electron chi connectivity index (χ3n) is 3.36. The average molecular weight is 329 g/mol. The SMILES string of the molecule is CC(C)NC(=O)Cn1c(-c2ccc(Cl)cc2)nc2cccnc21. The van der Waals surface area contributed by atoms with Crippen molar-refractivity contribution in [3.8, 4) is 11.4 Å². The van der Waals surface area contributed by atoms with Crippen LogP contribution >= 0.6 is 11.6 Å². The second-order valence-electron chi connectivity index (χ2n) is 5.60. The van der Waals surface area contributed by atoms with E-state index in [0.717, 1.165) is 11.1 Å². The van der Waals surface area contributed by atoms with Crippen LogP contribution in [0.4, 0.5) is 0 Å². The highest BCUT2D eigenvalue weighted by atomic mass is 35.5. The number of hydrogen-bond donors (Lipinski definition) is 1. The van der Waals surface area contributed by atoms with Crippen LogP contribution in [-0.4, -0.2) is 26.5 Å². The number of rotatable bonds is 4. The highest BCUT2D eigenvalue weighted by Crippen LogP contribution is 2.24. The molecule has 0 saturated carbocycles. The molecule has 0 saturated heterocycles. The first-order valence-electron chi connectivity index (χ1n) is 7.41. The fourth-order valence-corrected chi connectivity index (χ4v) is 2.56. The Kier molecular flexibility index (Phi) is 4.30. The molecule has 0 atom stereocenters. The molecule has 23 heavy (non-hydrogen) atoms. The fourth-order valence-electron chi connectivity index (χ4n) is 2.44. The van der Waals surface area contributed by atoms with Crippen molar-refractivity contribution >= 4 is 28.7 Å².